The van der Waals surface area contributed by atoms with Gasteiger partial charge in [-0.2, -0.15) is 5.10 Å². The van der Waals surface area contributed by atoms with Crippen LogP contribution in [0.1, 0.15) is 0 Å². The molecule has 1 N–H and O–H groups in total. The third-order valence-corrected chi connectivity index (χ3v) is 4.50. The van der Waals surface area contributed by atoms with Crippen molar-refractivity contribution in [2.75, 3.05) is 4.72 Å². The third kappa shape index (κ3) is 2.70. The highest BCUT2D eigenvalue weighted by molar-refractivity contribution is 9.10. The van der Waals surface area contributed by atoms with E-state index in [9.17, 15) is 12.8 Å². The first-order valence-electron chi connectivity index (χ1n) is 4.85. The number of sulfonamides is 1. The van der Waals surface area contributed by atoms with Crippen LogP contribution in [0.5, 0.6) is 0 Å². The van der Waals surface area contributed by atoms with Crippen LogP contribution < -0.4 is 4.72 Å². The minimum Gasteiger partial charge on any atom is -0.276 e. The van der Waals surface area contributed by atoms with Crippen molar-refractivity contribution in [3.63, 3.8) is 0 Å². The Hall–Kier alpha value is -1.41. The van der Waals surface area contributed by atoms with Crippen LogP contribution in [0.2, 0.25) is 0 Å². The zero-order chi connectivity index (χ0) is 13.3. The van der Waals surface area contributed by atoms with E-state index in [1.54, 1.807) is 7.05 Å². The van der Waals surface area contributed by atoms with Crippen molar-refractivity contribution < 1.29 is 12.8 Å². The van der Waals surface area contributed by atoms with Crippen LogP contribution >= 0.6 is 15.9 Å². The van der Waals surface area contributed by atoms with Gasteiger partial charge in [0.2, 0.25) is 0 Å². The molecule has 0 unspecified atom stereocenters. The van der Waals surface area contributed by atoms with E-state index < -0.39 is 15.8 Å². The van der Waals surface area contributed by atoms with Gasteiger partial charge in [0, 0.05) is 17.7 Å². The Morgan fingerprint density at radius 3 is 2.72 bits per heavy atom. The second-order valence-electron chi connectivity index (χ2n) is 3.58. The van der Waals surface area contributed by atoms with Gasteiger partial charge in [0.15, 0.2) is 0 Å². The zero-order valence-corrected chi connectivity index (χ0v) is 11.7. The molecule has 0 aliphatic rings. The number of nitrogens with one attached hydrogen (secondary N) is 1. The molecule has 0 aliphatic heterocycles. The summed E-state index contributed by atoms with van der Waals surface area (Å²) in [7, 11) is -2.09. The predicted molar refractivity (Wildman–Crippen MR) is 68.1 cm³/mol. The lowest BCUT2D eigenvalue weighted by Gasteiger charge is -2.07. The molecule has 1 aromatic heterocycles. The number of halogens is 2. The van der Waals surface area contributed by atoms with Crippen LogP contribution in [-0.4, -0.2) is 18.2 Å². The fourth-order valence-electron chi connectivity index (χ4n) is 1.38. The SMILES string of the molecule is Cn1cc(NS(=O)(=O)c2ccc(F)cc2Br)cn1. The van der Waals surface area contributed by atoms with Crippen molar-refractivity contribution in [1.29, 1.82) is 0 Å². The number of aryl methyl sites for hydroxylation is 1. The van der Waals surface area contributed by atoms with Gasteiger partial charge in [0.25, 0.3) is 10.0 Å². The van der Waals surface area contributed by atoms with Crippen LogP contribution in [0, 0.1) is 5.82 Å². The van der Waals surface area contributed by atoms with Crippen LogP contribution in [0.15, 0.2) is 40.0 Å². The molecule has 2 aromatic rings. The molecule has 0 atom stereocenters. The summed E-state index contributed by atoms with van der Waals surface area (Å²) < 4.78 is 41.0. The largest absolute Gasteiger partial charge is 0.276 e. The van der Waals surface area contributed by atoms with Gasteiger partial charge >= 0.3 is 0 Å². The van der Waals surface area contributed by atoms with Gasteiger partial charge in [-0.1, -0.05) is 0 Å². The average molecular weight is 334 g/mol. The first kappa shape index (κ1) is 13.0. The van der Waals surface area contributed by atoms with Gasteiger partial charge in [0.05, 0.1) is 11.9 Å². The van der Waals surface area contributed by atoms with E-state index >= 15 is 0 Å². The molecule has 2 rings (SSSR count). The molecular weight excluding hydrogens is 325 g/mol. The summed E-state index contributed by atoms with van der Waals surface area (Å²) in [6, 6.07) is 3.37. The monoisotopic (exact) mass is 333 g/mol. The van der Waals surface area contributed by atoms with Crippen molar-refractivity contribution in [1.82, 2.24) is 9.78 Å². The molecule has 18 heavy (non-hydrogen) atoms. The summed E-state index contributed by atoms with van der Waals surface area (Å²) in [4.78, 5) is -0.0345. The smallest absolute Gasteiger partial charge is 0.263 e. The highest BCUT2D eigenvalue weighted by Gasteiger charge is 2.18. The van der Waals surface area contributed by atoms with Crippen LogP contribution in [-0.2, 0) is 17.1 Å². The zero-order valence-electron chi connectivity index (χ0n) is 9.26. The Morgan fingerprint density at radius 2 is 2.17 bits per heavy atom. The maximum absolute atomic E-state index is 12.9. The predicted octanol–water partition coefficient (Wildman–Crippen LogP) is 2.12. The molecule has 0 spiro atoms. The molecule has 0 fully saturated rings. The van der Waals surface area contributed by atoms with Crippen molar-refractivity contribution in [2.45, 2.75) is 4.90 Å². The summed E-state index contributed by atoms with van der Waals surface area (Å²) in [5.41, 5.74) is 0.341. The molecule has 8 heteroatoms. The highest BCUT2D eigenvalue weighted by Crippen LogP contribution is 2.24. The van der Waals surface area contributed by atoms with E-state index in [-0.39, 0.29) is 9.37 Å². The molecule has 0 aliphatic carbocycles. The molecular formula is C10H9BrFN3O2S. The average Bonchev–Trinajstić information content (AvgIpc) is 2.62. The van der Waals surface area contributed by atoms with Crippen molar-refractivity contribution in [2.24, 2.45) is 7.05 Å². The number of anilines is 1. The van der Waals surface area contributed by atoms with Gasteiger partial charge in [0.1, 0.15) is 10.7 Å². The van der Waals surface area contributed by atoms with Gasteiger partial charge < -0.3 is 0 Å². The molecule has 96 valence electrons. The molecule has 0 amide bonds. The Bertz CT molecular complexity index is 684. The van der Waals surface area contributed by atoms with E-state index in [0.717, 1.165) is 12.1 Å². The normalized spacial score (nSPS) is 11.5. The Balaban J connectivity index is 2.36. The first-order chi connectivity index (χ1) is 8.38. The lowest BCUT2D eigenvalue weighted by atomic mass is 10.3. The fraction of sp³-hybridized carbons (Fsp3) is 0.100. The Kier molecular flexibility index (Phi) is 3.40. The standard InChI is InChI=1S/C10H9BrFN3O2S/c1-15-6-8(5-13-15)14-18(16,17)10-3-2-7(12)4-9(10)11/h2-6,14H,1H3. The second-order valence-corrected chi connectivity index (χ2v) is 6.09. The Labute approximate surface area is 112 Å². The minimum absolute atomic E-state index is 0.0345. The Morgan fingerprint density at radius 1 is 1.44 bits per heavy atom. The molecule has 1 aromatic carbocycles. The molecule has 0 bridgehead atoms. The quantitative estimate of drug-likeness (QED) is 0.935. The third-order valence-electron chi connectivity index (χ3n) is 2.14. The summed E-state index contributed by atoms with van der Waals surface area (Å²) in [5, 5.41) is 3.85. The second kappa shape index (κ2) is 4.69. The van der Waals surface area contributed by atoms with Crippen molar-refractivity contribution in [3.05, 3.63) is 40.9 Å². The lowest BCUT2D eigenvalue weighted by Crippen LogP contribution is -2.13. The van der Waals surface area contributed by atoms with E-state index in [4.69, 9.17) is 0 Å². The summed E-state index contributed by atoms with van der Waals surface area (Å²) in [6.45, 7) is 0. The summed E-state index contributed by atoms with van der Waals surface area (Å²) >= 11 is 3.02. The maximum atomic E-state index is 12.9. The number of nitrogens with zero attached hydrogens (tertiary/aromatic N) is 2. The van der Waals surface area contributed by atoms with Crippen LogP contribution in [0.3, 0.4) is 0 Å². The van der Waals surface area contributed by atoms with Gasteiger partial charge in [-0.25, -0.2) is 12.8 Å². The first-order valence-corrected chi connectivity index (χ1v) is 7.12. The molecule has 0 saturated heterocycles. The van der Waals surface area contributed by atoms with Crippen molar-refractivity contribution >= 4 is 31.6 Å². The fourth-order valence-corrected chi connectivity index (χ4v) is 3.46. The lowest BCUT2D eigenvalue weighted by molar-refractivity contribution is 0.599. The van der Waals surface area contributed by atoms with E-state index in [0.29, 0.717) is 5.69 Å². The van der Waals surface area contributed by atoms with Gasteiger partial charge in [-0.05, 0) is 34.1 Å². The molecule has 5 nitrogen and oxygen atoms in total. The summed E-state index contributed by atoms with van der Waals surface area (Å²) in [6.07, 6.45) is 2.91. The number of hydrogen-bond donors (Lipinski definition) is 1. The maximum Gasteiger partial charge on any atom is 0.263 e. The minimum atomic E-state index is -3.76. The van der Waals surface area contributed by atoms with E-state index in [2.05, 4.69) is 25.8 Å². The number of hydrogen-bond acceptors (Lipinski definition) is 3. The van der Waals surface area contributed by atoms with Gasteiger partial charge in [-0.15, -0.1) is 0 Å². The topological polar surface area (TPSA) is 64.0 Å². The number of benzene rings is 1. The van der Waals surface area contributed by atoms with Crippen LogP contribution in [0.25, 0.3) is 0 Å². The molecule has 1 heterocycles. The molecule has 0 radical (unpaired) electrons. The number of rotatable bonds is 3. The molecule has 0 saturated carbocycles. The van der Waals surface area contributed by atoms with Crippen LogP contribution in [0.4, 0.5) is 10.1 Å². The van der Waals surface area contributed by atoms with Gasteiger partial charge in [-0.3, -0.25) is 9.40 Å². The van der Waals surface area contributed by atoms with E-state index in [1.165, 1.54) is 23.1 Å². The van der Waals surface area contributed by atoms with Crippen molar-refractivity contribution in [3.8, 4) is 0 Å². The highest BCUT2D eigenvalue weighted by atomic mass is 79.9. The summed E-state index contributed by atoms with van der Waals surface area (Å²) in [5.74, 6) is -0.512. The van der Waals surface area contributed by atoms with E-state index in [1.807, 2.05) is 0 Å². The number of aromatic nitrogens is 2.